The molecule has 0 spiro atoms. The van der Waals surface area contributed by atoms with E-state index >= 15 is 0 Å². The van der Waals surface area contributed by atoms with Gasteiger partial charge in [0, 0.05) is 6.54 Å². The molecule has 0 bridgehead atoms. The van der Waals surface area contributed by atoms with Gasteiger partial charge in [0.2, 0.25) is 0 Å². The molecular weight excluding hydrogens is 378 g/mol. The molecule has 3 saturated carbocycles. The second kappa shape index (κ2) is 8.57. The summed E-state index contributed by atoms with van der Waals surface area (Å²) in [6, 6.07) is -0.563. The largest absolute Gasteiger partial charge is 0.391 e. The Kier molecular flexibility index (Phi) is 6.38. The first-order chi connectivity index (χ1) is 14.4. The van der Waals surface area contributed by atoms with E-state index in [-0.39, 0.29) is 16.9 Å². The zero-order chi connectivity index (χ0) is 21.5. The molecule has 0 aromatic heterocycles. The molecule has 0 aromatic carbocycles. The minimum Gasteiger partial charge on any atom is -0.391 e. The first-order valence-electron chi connectivity index (χ1n) is 12.4. The molecule has 4 fully saturated rings. The molecule has 1 saturated heterocycles. The minimum absolute atomic E-state index is 0.0381. The van der Waals surface area contributed by atoms with E-state index in [9.17, 15) is 14.9 Å². The van der Waals surface area contributed by atoms with Crippen molar-refractivity contribution in [3.63, 3.8) is 0 Å². The van der Waals surface area contributed by atoms with Crippen molar-refractivity contribution in [3.8, 4) is 0 Å². The van der Waals surface area contributed by atoms with E-state index < -0.39 is 12.1 Å². The standard InChI is InChI=1S/C24H41N3O3/c1-4-18-17-8-7-16-13-20(25-29)21(28)14-24(16,3)19(17)9-10-23(18,2)22(26-30)15-27-11-5-6-12-27/h16-22,28H,4-15H2,1-3H3/t16-,17?,18?,19?,20-,21-,22-,23-,24-/m0/s1. The summed E-state index contributed by atoms with van der Waals surface area (Å²) in [5.41, 5.74) is 0.0426. The highest BCUT2D eigenvalue weighted by atomic mass is 16.3. The van der Waals surface area contributed by atoms with Crippen LogP contribution in [0.4, 0.5) is 0 Å². The van der Waals surface area contributed by atoms with Gasteiger partial charge in [-0.3, -0.25) is 0 Å². The summed E-state index contributed by atoms with van der Waals surface area (Å²) in [4.78, 5) is 25.7. The quantitative estimate of drug-likeness (QED) is 0.615. The second-order valence-electron chi connectivity index (χ2n) is 11.4. The lowest BCUT2D eigenvalue weighted by molar-refractivity contribution is -0.141. The minimum atomic E-state index is -0.601. The third kappa shape index (κ3) is 3.56. The summed E-state index contributed by atoms with van der Waals surface area (Å²) in [5.74, 6) is 2.14. The van der Waals surface area contributed by atoms with Crippen LogP contribution in [0, 0.1) is 44.3 Å². The second-order valence-corrected chi connectivity index (χ2v) is 11.4. The molecule has 30 heavy (non-hydrogen) atoms. The summed E-state index contributed by atoms with van der Waals surface area (Å²) in [7, 11) is 0. The first-order valence-corrected chi connectivity index (χ1v) is 12.4. The summed E-state index contributed by atoms with van der Waals surface area (Å²) < 4.78 is 0. The number of rotatable bonds is 6. The highest BCUT2D eigenvalue weighted by molar-refractivity contribution is 5.10. The molecule has 1 heterocycles. The molecule has 0 aromatic rings. The summed E-state index contributed by atoms with van der Waals surface area (Å²) >= 11 is 0. The molecular formula is C24H41N3O3. The van der Waals surface area contributed by atoms with E-state index in [1.807, 2.05) is 0 Å². The van der Waals surface area contributed by atoms with Crippen molar-refractivity contribution >= 4 is 0 Å². The van der Waals surface area contributed by atoms with Crippen LogP contribution in [0.15, 0.2) is 10.4 Å². The average molecular weight is 420 g/mol. The lowest BCUT2D eigenvalue weighted by Gasteiger charge is -2.62. The van der Waals surface area contributed by atoms with Crippen LogP contribution in [0.25, 0.3) is 0 Å². The predicted molar refractivity (Wildman–Crippen MR) is 119 cm³/mol. The summed E-state index contributed by atoms with van der Waals surface area (Å²) in [5, 5.41) is 17.6. The van der Waals surface area contributed by atoms with E-state index in [1.165, 1.54) is 19.3 Å². The van der Waals surface area contributed by atoms with Crippen molar-refractivity contribution in [2.24, 2.45) is 44.9 Å². The monoisotopic (exact) mass is 419 g/mol. The lowest BCUT2D eigenvalue weighted by Crippen LogP contribution is -2.58. The molecule has 6 heteroatoms. The molecule has 3 aliphatic carbocycles. The van der Waals surface area contributed by atoms with E-state index in [0.29, 0.717) is 30.1 Å². The predicted octanol–water partition coefficient (Wildman–Crippen LogP) is 4.98. The number of hydrogen-bond donors (Lipinski definition) is 1. The lowest BCUT2D eigenvalue weighted by atomic mass is 9.43. The van der Waals surface area contributed by atoms with Gasteiger partial charge in [-0.1, -0.05) is 37.5 Å². The molecule has 1 aliphatic heterocycles. The average Bonchev–Trinajstić information content (AvgIpc) is 3.24. The maximum Gasteiger partial charge on any atom is 0.118 e. The first kappa shape index (κ1) is 22.3. The molecule has 4 rings (SSSR count). The fourth-order valence-corrected chi connectivity index (χ4v) is 8.49. The third-order valence-electron chi connectivity index (χ3n) is 10.2. The van der Waals surface area contributed by atoms with Crippen LogP contribution in [-0.2, 0) is 0 Å². The van der Waals surface area contributed by atoms with Gasteiger partial charge in [0.25, 0.3) is 0 Å². The Labute approximate surface area is 181 Å². The van der Waals surface area contributed by atoms with E-state index in [0.717, 1.165) is 51.7 Å². The number of aliphatic hydroxyl groups excluding tert-OH is 1. The zero-order valence-corrected chi connectivity index (χ0v) is 19.1. The van der Waals surface area contributed by atoms with Crippen LogP contribution in [0.5, 0.6) is 0 Å². The van der Waals surface area contributed by atoms with Gasteiger partial charge in [-0.25, -0.2) is 0 Å². The highest BCUT2D eigenvalue weighted by Gasteiger charge is 2.59. The molecule has 3 unspecified atom stereocenters. The topological polar surface area (TPSA) is 82.3 Å². The number of likely N-dealkylation sites (tertiary alicyclic amines) is 1. The van der Waals surface area contributed by atoms with Crippen molar-refractivity contribution < 1.29 is 5.11 Å². The van der Waals surface area contributed by atoms with Crippen molar-refractivity contribution in [2.45, 2.75) is 96.7 Å². The van der Waals surface area contributed by atoms with Crippen molar-refractivity contribution in [2.75, 3.05) is 19.6 Å². The fourth-order valence-electron chi connectivity index (χ4n) is 8.49. The Morgan fingerprint density at radius 2 is 1.87 bits per heavy atom. The molecule has 170 valence electrons. The Balaban J connectivity index is 1.56. The van der Waals surface area contributed by atoms with Crippen LogP contribution in [0.2, 0.25) is 0 Å². The Morgan fingerprint density at radius 3 is 2.50 bits per heavy atom. The Hall–Kier alpha value is -0.880. The maximum atomic E-state index is 12.1. The SMILES string of the molecule is CCC1C2CC[C@H]3C[C@H](N=O)[C@@H](O)C[C@]3(C)C2CC[C@]1(C)[C@H](CN1CCCC1)N=O. The van der Waals surface area contributed by atoms with Crippen LogP contribution in [0.1, 0.15) is 78.6 Å². The van der Waals surface area contributed by atoms with Gasteiger partial charge in [-0.05, 0) is 99.0 Å². The van der Waals surface area contributed by atoms with Gasteiger partial charge in [-0.2, -0.15) is 9.81 Å². The molecule has 0 radical (unpaired) electrons. The van der Waals surface area contributed by atoms with Crippen molar-refractivity contribution in [1.29, 1.82) is 0 Å². The van der Waals surface area contributed by atoms with E-state index in [2.05, 4.69) is 36.0 Å². The van der Waals surface area contributed by atoms with Crippen LogP contribution < -0.4 is 0 Å². The number of nitrogens with zero attached hydrogens (tertiary/aromatic N) is 3. The maximum absolute atomic E-state index is 12.1. The van der Waals surface area contributed by atoms with Gasteiger partial charge in [0.05, 0.1) is 6.10 Å². The normalized spacial score (nSPS) is 47.9. The number of hydrogen-bond acceptors (Lipinski definition) is 6. The summed E-state index contributed by atoms with van der Waals surface area (Å²) in [6.07, 6.45) is 8.86. The van der Waals surface area contributed by atoms with E-state index in [1.54, 1.807) is 0 Å². The molecule has 1 N–H and O–H groups in total. The van der Waals surface area contributed by atoms with E-state index in [4.69, 9.17) is 0 Å². The molecule has 9 atom stereocenters. The van der Waals surface area contributed by atoms with Crippen LogP contribution in [0.3, 0.4) is 0 Å². The van der Waals surface area contributed by atoms with Crippen LogP contribution in [-0.4, -0.2) is 47.8 Å². The van der Waals surface area contributed by atoms with Gasteiger partial charge >= 0.3 is 0 Å². The molecule has 6 nitrogen and oxygen atoms in total. The smallest absolute Gasteiger partial charge is 0.118 e. The fraction of sp³-hybridized carbons (Fsp3) is 1.00. The zero-order valence-electron chi connectivity index (χ0n) is 19.1. The number of fused-ring (bicyclic) bond motifs is 3. The van der Waals surface area contributed by atoms with Crippen molar-refractivity contribution in [1.82, 2.24) is 4.90 Å². The Morgan fingerprint density at radius 1 is 1.13 bits per heavy atom. The molecule has 0 amide bonds. The number of nitroso groups, excluding NO2 is 2. The third-order valence-corrected chi connectivity index (χ3v) is 10.2. The van der Waals surface area contributed by atoms with Gasteiger partial charge in [0.1, 0.15) is 12.1 Å². The number of aliphatic hydroxyl groups is 1. The molecule has 4 aliphatic rings. The van der Waals surface area contributed by atoms with Gasteiger partial charge in [-0.15, -0.1) is 0 Å². The Bertz CT molecular complexity index is 639. The van der Waals surface area contributed by atoms with Crippen molar-refractivity contribution in [3.05, 3.63) is 9.81 Å². The van der Waals surface area contributed by atoms with Gasteiger partial charge < -0.3 is 10.0 Å². The van der Waals surface area contributed by atoms with Crippen LogP contribution >= 0.6 is 0 Å². The van der Waals surface area contributed by atoms with Gasteiger partial charge in [0.15, 0.2) is 0 Å². The highest BCUT2D eigenvalue weighted by Crippen LogP contribution is 2.64. The summed E-state index contributed by atoms with van der Waals surface area (Å²) in [6.45, 7) is 10.0.